The van der Waals surface area contributed by atoms with Crippen LogP contribution in [0, 0.1) is 6.92 Å². The van der Waals surface area contributed by atoms with Crippen molar-refractivity contribution in [3.05, 3.63) is 58.5 Å². The molecule has 9 heteroatoms. The van der Waals surface area contributed by atoms with E-state index >= 15 is 0 Å². The van der Waals surface area contributed by atoms with Crippen LogP contribution in [-0.4, -0.2) is 38.8 Å². The molecule has 0 aliphatic rings. The van der Waals surface area contributed by atoms with Gasteiger partial charge in [0.25, 0.3) is 5.56 Å². The number of hydrogen-bond donors (Lipinski definition) is 2. The van der Waals surface area contributed by atoms with Gasteiger partial charge < -0.3 is 5.32 Å². The Balaban J connectivity index is 2.08. The van der Waals surface area contributed by atoms with Crippen LogP contribution < -0.4 is 16.2 Å². The van der Waals surface area contributed by atoms with Crippen LogP contribution in [0.15, 0.2) is 52.5 Å². The Morgan fingerprint density at radius 3 is 2.61 bits per heavy atom. The molecule has 0 radical (unpaired) electrons. The van der Waals surface area contributed by atoms with Crippen LogP contribution >= 0.6 is 11.8 Å². The number of pyridine rings is 1. The van der Waals surface area contributed by atoms with Crippen LogP contribution in [0.1, 0.15) is 12.5 Å². The molecule has 0 aliphatic carbocycles. The van der Waals surface area contributed by atoms with Gasteiger partial charge in [-0.25, -0.2) is 19.3 Å². The van der Waals surface area contributed by atoms with Gasteiger partial charge in [-0.05, 0) is 37.6 Å². The van der Waals surface area contributed by atoms with E-state index in [9.17, 15) is 14.4 Å². The Labute approximate surface area is 165 Å². The first kappa shape index (κ1) is 19.6. The first-order valence-electron chi connectivity index (χ1n) is 8.54. The highest BCUT2D eigenvalue weighted by Crippen LogP contribution is 2.24. The summed E-state index contributed by atoms with van der Waals surface area (Å²) in [4.78, 5) is 45.6. The Hall–Kier alpha value is -3.20. The maximum Gasteiger partial charge on any atom is 0.321 e. The lowest BCUT2D eigenvalue weighted by atomic mass is 10.2. The topological polar surface area (TPSA) is 106 Å². The minimum Gasteiger partial charge on any atom is -0.341 e. The number of thioether (sulfide) groups is 1. The number of aromatic nitrogens is 3. The van der Waals surface area contributed by atoms with Gasteiger partial charge in [0.05, 0.1) is 16.2 Å². The van der Waals surface area contributed by atoms with E-state index in [1.807, 2.05) is 13.0 Å². The number of fused-ring (bicyclic) bond motifs is 1. The van der Waals surface area contributed by atoms with Crippen molar-refractivity contribution in [3.63, 3.8) is 0 Å². The Kier molecular flexibility index (Phi) is 5.74. The van der Waals surface area contributed by atoms with E-state index in [2.05, 4.69) is 20.6 Å². The van der Waals surface area contributed by atoms with Gasteiger partial charge in [0.15, 0.2) is 5.16 Å². The largest absolute Gasteiger partial charge is 0.341 e. The van der Waals surface area contributed by atoms with Crippen LogP contribution in [0.2, 0.25) is 0 Å². The number of aryl methyl sites for hydroxylation is 1. The highest BCUT2D eigenvalue weighted by atomic mass is 32.2. The highest BCUT2D eigenvalue weighted by Gasteiger charge is 2.21. The molecule has 144 valence electrons. The van der Waals surface area contributed by atoms with E-state index in [1.54, 1.807) is 43.5 Å². The third-order valence-electron chi connectivity index (χ3n) is 3.98. The number of nitrogens with one attached hydrogen (secondary N) is 2. The van der Waals surface area contributed by atoms with Crippen molar-refractivity contribution in [1.29, 1.82) is 0 Å². The fraction of sp³-hybridized carbons (Fsp3) is 0.211. The number of carbonyl (C=O) groups is 2. The number of benzene rings is 1. The Morgan fingerprint density at radius 2 is 1.93 bits per heavy atom. The normalized spacial score (nSPS) is 11.8. The molecule has 0 fully saturated rings. The average molecular weight is 397 g/mol. The van der Waals surface area contributed by atoms with Gasteiger partial charge in [0.1, 0.15) is 5.82 Å². The second-order valence-electron chi connectivity index (χ2n) is 6.07. The molecule has 3 aromatic rings. The van der Waals surface area contributed by atoms with Crippen molar-refractivity contribution in [2.45, 2.75) is 24.3 Å². The summed E-state index contributed by atoms with van der Waals surface area (Å²) in [6, 6.07) is 9.98. The molecule has 1 atom stereocenters. The maximum absolute atomic E-state index is 13.1. The number of amides is 3. The van der Waals surface area contributed by atoms with E-state index in [0.29, 0.717) is 21.9 Å². The number of hydrogen-bond acceptors (Lipinski definition) is 6. The minimum atomic E-state index is -0.665. The van der Waals surface area contributed by atoms with Crippen molar-refractivity contribution < 1.29 is 9.59 Å². The van der Waals surface area contributed by atoms with Crippen LogP contribution in [-0.2, 0) is 4.79 Å². The molecule has 0 aliphatic heterocycles. The number of nitrogens with zero attached hydrogens (tertiary/aromatic N) is 3. The molecular weight excluding hydrogens is 378 g/mol. The molecule has 1 aromatic carbocycles. The Morgan fingerprint density at radius 1 is 1.18 bits per heavy atom. The van der Waals surface area contributed by atoms with E-state index in [-0.39, 0.29) is 5.56 Å². The summed E-state index contributed by atoms with van der Waals surface area (Å²) in [5.74, 6) is -0.0783. The third kappa shape index (κ3) is 4.04. The van der Waals surface area contributed by atoms with Gasteiger partial charge in [-0.1, -0.05) is 30.0 Å². The van der Waals surface area contributed by atoms with Crippen molar-refractivity contribution in [2.24, 2.45) is 0 Å². The summed E-state index contributed by atoms with van der Waals surface area (Å²) >= 11 is 1.08. The molecule has 2 heterocycles. The van der Waals surface area contributed by atoms with Crippen molar-refractivity contribution in [2.75, 3.05) is 7.05 Å². The van der Waals surface area contributed by atoms with Crippen molar-refractivity contribution >= 4 is 34.6 Å². The van der Waals surface area contributed by atoms with Crippen LogP contribution in [0.25, 0.3) is 16.7 Å². The molecule has 28 heavy (non-hydrogen) atoms. The lowest BCUT2D eigenvalue weighted by Crippen LogP contribution is -2.41. The van der Waals surface area contributed by atoms with Gasteiger partial charge >= 0.3 is 6.03 Å². The predicted octanol–water partition coefficient (Wildman–Crippen LogP) is 2.03. The van der Waals surface area contributed by atoms with Gasteiger partial charge in [-0.15, -0.1) is 0 Å². The van der Waals surface area contributed by atoms with Crippen LogP contribution in [0.4, 0.5) is 4.79 Å². The highest BCUT2D eigenvalue weighted by molar-refractivity contribution is 8.00. The lowest BCUT2D eigenvalue weighted by molar-refractivity contribution is -0.119. The zero-order valence-electron chi connectivity index (χ0n) is 15.6. The van der Waals surface area contributed by atoms with Crippen LogP contribution in [0.3, 0.4) is 0 Å². The fourth-order valence-corrected chi connectivity index (χ4v) is 3.39. The van der Waals surface area contributed by atoms with E-state index < -0.39 is 17.2 Å². The number of para-hydroxylation sites is 1. The standard InChI is InChI=1S/C19H19N5O3S/c1-11-8-9-15(21-10-11)24-17(26)13-6-4-5-7-14(13)22-19(24)28-12(2)16(25)23-18(27)20-3/h4-10,12H,1-3H3,(H2,20,23,25,27)/t12-/m0/s1. The molecule has 8 nitrogen and oxygen atoms in total. The second kappa shape index (κ2) is 8.22. The summed E-state index contributed by atoms with van der Waals surface area (Å²) in [5, 5.41) is 4.67. The first-order valence-corrected chi connectivity index (χ1v) is 9.42. The molecule has 0 saturated carbocycles. The summed E-state index contributed by atoms with van der Waals surface area (Å²) in [7, 11) is 1.42. The van der Waals surface area contributed by atoms with Gasteiger partial charge in [-0.2, -0.15) is 0 Å². The van der Waals surface area contributed by atoms with Gasteiger partial charge in [0.2, 0.25) is 5.91 Å². The molecule has 0 unspecified atom stereocenters. The van der Waals surface area contributed by atoms with Gasteiger partial charge in [-0.3, -0.25) is 14.9 Å². The van der Waals surface area contributed by atoms with Crippen LogP contribution in [0.5, 0.6) is 0 Å². The fourth-order valence-electron chi connectivity index (χ4n) is 2.47. The summed E-state index contributed by atoms with van der Waals surface area (Å²) < 4.78 is 1.39. The predicted molar refractivity (Wildman–Crippen MR) is 108 cm³/mol. The third-order valence-corrected chi connectivity index (χ3v) is 5.04. The van der Waals surface area contributed by atoms with E-state index in [0.717, 1.165) is 17.3 Å². The van der Waals surface area contributed by atoms with Crippen molar-refractivity contribution in [1.82, 2.24) is 25.2 Å². The second-order valence-corrected chi connectivity index (χ2v) is 7.38. The zero-order chi connectivity index (χ0) is 20.3. The Bertz CT molecular complexity index is 1090. The molecule has 2 aromatic heterocycles. The van der Waals surface area contributed by atoms with Crippen molar-refractivity contribution in [3.8, 4) is 5.82 Å². The minimum absolute atomic E-state index is 0.275. The molecule has 0 saturated heterocycles. The van der Waals surface area contributed by atoms with Gasteiger partial charge in [0, 0.05) is 13.2 Å². The zero-order valence-corrected chi connectivity index (χ0v) is 16.4. The monoisotopic (exact) mass is 397 g/mol. The SMILES string of the molecule is CNC(=O)NC(=O)[C@H](C)Sc1nc2ccccc2c(=O)n1-c1ccc(C)cn1. The number of urea groups is 1. The summed E-state index contributed by atoms with van der Waals surface area (Å²) in [5.41, 5.74) is 1.21. The number of imide groups is 1. The summed E-state index contributed by atoms with van der Waals surface area (Å²) in [6.07, 6.45) is 1.66. The first-order chi connectivity index (χ1) is 13.4. The number of carbonyl (C=O) groups excluding carboxylic acids is 2. The quantitative estimate of drug-likeness (QED) is 0.515. The lowest BCUT2D eigenvalue weighted by Gasteiger charge is -2.15. The smallest absolute Gasteiger partial charge is 0.321 e. The average Bonchev–Trinajstić information content (AvgIpc) is 2.69. The number of rotatable bonds is 4. The summed E-state index contributed by atoms with van der Waals surface area (Å²) in [6.45, 7) is 3.54. The molecule has 3 rings (SSSR count). The maximum atomic E-state index is 13.1. The molecule has 3 amide bonds. The molecule has 0 spiro atoms. The van der Waals surface area contributed by atoms with E-state index in [1.165, 1.54) is 11.6 Å². The molecule has 0 bridgehead atoms. The molecular formula is C19H19N5O3S. The van der Waals surface area contributed by atoms with E-state index in [4.69, 9.17) is 0 Å². The molecule has 2 N–H and O–H groups in total.